The Labute approximate surface area is 103 Å². The molecule has 0 aromatic carbocycles. The SMILES string of the molecule is CC1(C)C2CC(=O)C[C@H](C#N)[C@@]2(C)CC[C@@H]1O. The highest BCUT2D eigenvalue weighted by atomic mass is 16.3. The average Bonchev–Trinajstić information content (AvgIpc) is 2.26. The van der Waals surface area contributed by atoms with Gasteiger partial charge in [0.05, 0.1) is 18.1 Å². The van der Waals surface area contributed by atoms with E-state index in [4.69, 9.17) is 0 Å². The predicted molar refractivity (Wildman–Crippen MR) is 64.0 cm³/mol. The van der Waals surface area contributed by atoms with Crippen LogP contribution in [0.3, 0.4) is 0 Å². The molecule has 2 fully saturated rings. The summed E-state index contributed by atoms with van der Waals surface area (Å²) >= 11 is 0. The molecule has 2 rings (SSSR count). The molecule has 0 saturated heterocycles. The molecule has 3 nitrogen and oxygen atoms in total. The molecule has 0 radical (unpaired) electrons. The van der Waals surface area contributed by atoms with Crippen LogP contribution in [0.1, 0.15) is 46.5 Å². The van der Waals surface area contributed by atoms with Crippen molar-refractivity contribution in [1.29, 1.82) is 5.26 Å². The molecule has 4 atom stereocenters. The summed E-state index contributed by atoms with van der Waals surface area (Å²) in [5, 5.41) is 19.4. The summed E-state index contributed by atoms with van der Waals surface area (Å²) < 4.78 is 0. The van der Waals surface area contributed by atoms with Gasteiger partial charge in [0.1, 0.15) is 5.78 Å². The van der Waals surface area contributed by atoms with Crippen molar-refractivity contribution in [2.45, 2.75) is 52.6 Å². The second kappa shape index (κ2) is 3.81. The molecule has 2 aliphatic rings. The van der Waals surface area contributed by atoms with Crippen molar-refractivity contribution in [3.63, 3.8) is 0 Å². The molecule has 0 aliphatic heterocycles. The standard InChI is InChI=1S/C14H21NO2/c1-13(2)11-7-10(16)6-9(8-15)14(11,3)5-4-12(13)17/h9,11-12,17H,4-7H2,1-3H3/t9-,11?,12+,14-/m1/s1. The normalized spacial score (nSPS) is 44.9. The first-order valence-electron chi connectivity index (χ1n) is 6.41. The van der Waals surface area contributed by atoms with Crippen LogP contribution in [-0.4, -0.2) is 17.0 Å². The van der Waals surface area contributed by atoms with Gasteiger partial charge in [-0.1, -0.05) is 20.8 Å². The first-order valence-corrected chi connectivity index (χ1v) is 6.41. The van der Waals surface area contributed by atoms with Crippen molar-refractivity contribution in [3.05, 3.63) is 0 Å². The molecule has 0 aromatic rings. The van der Waals surface area contributed by atoms with Gasteiger partial charge in [-0.3, -0.25) is 4.79 Å². The quantitative estimate of drug-likeness (QED) is 0.700. The van der Waals surface area contributed by atoms with Crippen LogP contribution in [0.4, 0.5) is 0 Å². The van der Waals surface area contributed by atoms with Gasteiger partial charge in [0.15, 0.2) is 0 Å². The van der Waals surface area contributed by atoms with Crippen molar-refractivity contribution < 1.29 is 9.90 Å². The minimum Gasteiger partial charge on any atom is -0.393 e. The van der Waals surface area contributed by atoms with Crippen LogP contribution < -0.4 is 0 Å². The Kier molecular flexibility index (Phi) is 2.82. The van der Waals surface area contributed by atoms with Crippen molar-refractivity contribution in [2.24, 2.45) is 22.7 Å². The second-order valence-corrected chi connectivity index (χ2v) is 6.56. The highest BCUT2D eigenvalue weighted by Crippen LogP contribution is 2.58. The number of Topliss-reactive ketones (excluding diaryl/α,β-unsaturated/α-hetero) is 1. The highest BCUT2D eigenvalue weighted by molar-refractivity contribution is 5.80. The summed E-state index contributed by atoms with van der Waals surface area (Å²) in [5.41, 5.74) is -0.371. The maximum Gasteiger partial charge on any atom is 0.134 e. The monoisotopic (exact) mass is 235 g/mol. The molecule has 2 aliphatic carbocycles. The molecule has 0 heterocycles. The van der Waals surface area contributed by atoms with Crippen LogP contribution in [0, 0.1) is 34.0 Å². The number of ketones is 1. The van der Waals surface area contributed by atoms with E-state index in [9.17, 15) is 15.2 Å². The lowest BCUT2D eigenvalue weighted by atomic mass is 9.47. The first-order chi connectivity index (χ1) is 7.82. The summed E-state index contributed by atoms with van der Waals surface area (Å²) in [6, 6.07) is 2.32. The van der Waals surface area contributed by atoms with E-state index >= 15 is 0 Å². The summed E-state index contributed by atoms with van der Waals surface area (Å²) in [7, 11) is 0. The Balaban J connectivity index is 2.41. The number of nitrogens with zero attached hydrogens (tertiary/aromatic N) is 1. The van der Waals surface area contributed by atoms with Crippen molar-refractivity contribution in [2.75, 3.05) is 0 Å². The van der Waals surface area contributed by atoms with Crippen LogP contribution in [0.15, 0.2) is 0 Å². The lowest BCUT2D eigenvalue weighted by Gasteiger charge is -2.56. The van der Waals surface area contributed by atoms with Gasteiger partial charge < -0.3 is 5.11 Å². The van der Waals surface area contributed by atoms with Gasteiger partial charge in [-0.25, -0.2) is 0 Å². The molecule has 0 spiro atoms. The summed E-state index contributed by atoms with van der Waals surface area (Å²) in [4.78, 5) is 11.8. The zero-order chi connectivity index (χ0) is 12.8. The molecule has 3 heteroatoms. The van der Waals surface area contributed by atoms with Gasteiger partial charge in [-0.05, 0) is 29.6 Å². The molecule has 0 bridgehead atoms. The lowest BCUT2D eigenvalue weighted by molar-refractivity contribution is -0.149. The minimum atomic E-state index is -0.356. The zero-order valence-electron chi connectivity index (χ0n) is 10.9. The van der Waals surface area contributed by atoms with Crippen LogP contribution in [-0.2, 0) is 4.79 Å². The van der Waals surface area contributed by atoms with Gasteiger partial charge in [0, 0.05) is 12.8 Å². The van der Waals surface area contributed by atoms with Crippen LogP contribution in [0.2, 0.25) is 0 Å². The molecule has 0 aromatic heterocycles. The maximum atomic E-state index is 11.8. The number of nitriles is 1. The van der Waals surface area contributed by atoms with Gasteiger partial charge in [-0.2, -0.15) is 5.26 Å². The van der Waals surface area contributed by atoms with E-state index in [1.54, 1.807) is 0 Å². The van der Waals surface area contributed by atoms with E-state index < -0.39 is 0 Å². The number of hydrogen-bond donors (Lipinski definition) is 1. The van der Waals surface area contributed by atoms with Gasteiger partial charge in [0.25, 0.3) is 0 Å². The number of carbonyl (C=O) groups is 1. The third-order valence-corrected chi connectivity index (χ3v) is 5.32. The van der Waals surface area contributed by atoms with Crippen LogP contribution >= 0.6 is 0 Å². The average molecular weight is 235 g/mol. The number of rotatable bonds is 0. The number of hydrogen-bond acceptors (Lipinski definition) is 3. The van der Waals surface area contributed by atoms with E-state index in [2.05, 4.69) is 13.0 Å². The Morgan fingerprint density at radius 2 is 2.00 bits per heavy atom. The summed E-state index contributed by atoms with van der Waals surface area (Å²) in [5.74, 6) is 0.131. The van der Waals surface area contributed by atoms with Crippen molar-refractivity contribution >= 4 is 5.78 Å². The molecule has 1 N–H and O–H groups in total. The molecular weight excluding hydrogens is 214 g/mol. The lowest BCUT2D eigenvalue weighted by Crippen LogP contribution is -2.55. The fourth-order valence-corrected chi connectivity index (χ4v) is 3.95. The zero-order valence-corrected chi connectivity index (χ0v) is 10.9. The summed E-state index contributed by atoms with van der Waals surface area (Å²) in [6.07, 6.45) is 2.17. The molecule has 17 heavy (non-hydrogen) atoms. The number of fused-ring (bicyclic) bond motifs is 1. The van der Waals surface area contributed by atoms with E-state index in [0.29, 0.717) is 12.8 Å². The van der Waals surface area contributed by atoms with E-state index in [0.717, 1.165) is 12.8 Å². The smallest absolute Gasteiger partial charge is 0.134 e. The van der Waals surface area contributed by atoms with E-state index in [1.165, 1.54) is 0 Å². The Hall–Kier alpha value is -0.880. The Morgan fingerprint density at radius 1 is 1.35 bits per heavy atom. The topological polar surface area (TPSA) is 61.1 Å². The van der Waals surface area contributed by atoms with E-state index in [1.807, 2.05) is 13.8 Å². The van der Waals surface area contributed by atoms with Crippen molar-refractivity contribution in [3.8, 4) is 6.07 Å². The minimum absolute atomic E-state index is 0.106. The predicted octanol–water partition coefficient (Wildman–Crippen LogP) is 2.29. The molecule has 2 saturated carbocycles. The number of carbonyl (C=O) groups excluding carboxylic acids is 1. The Morgan fingerprint density at radius 3 is 2.59 bits per heavy atom. The molecular formula is C14H21NO2. The van der Waals surface area contributed by atoms with Gasteiger partial charge in [-0.15, -0.1) is 0 Å². The van der Waals surface area contributed by atoms with Gasteiger partial charge in [0.2, 0.25) is 0 Å². The first kappa shape index (κ1) is 12.6. The second-order valence-electron chi connectivity index (χ2n) is 6.56. The third-order valence-electron chi connectivity index (χ3n) is 5.32. The molecule has 1 unspecified atom stereocenters. The van der Waals surface area contributed by atoms with Crippen LogP contribution in [0.5, 0.6) is 0 Å². The fraction of sp³-hybridized carbons (Fsp3) is 0.857. The number of aliphatic hydroxyl groups is 1. The number of aliphatic hydroxyl groups excluding tert-OH is 1. The third kappa shape index (κ3) is 1.70. The molecule has 0 amide bonds. The van der Waals surface area contributed by atoms with Crippen molar-refractivity contribution in [1.82, 2.24) is 0 Å². The molecule has 94 valence electrons. The van der Waals surface area contributed by atoms with E-state index in [-0.39, 0.29) is 34.6 Å². The fourth-order valence-electron chi connectivity index (χ4n) is 3.95. The Bertz CT molecular complexity index is 382. The maximum absolute atomic E-state index is 11.8. The summed E-state index contributed by atoms with van der Waals surface area (Å²) in [6.45, 7) is 6.20. The largest absolute Gasteiger partial charge is 0.393 e. The van der Waals surface area contributed by atoms with Crippen LogP contribution in [0.25, 0.3) is 0 Å². The van der Waals surface area contributed by atoms with Gasteiger partial charge >= 0.3 is 0 Å². The highest BCUT2D eigenvalue weighted by Gasteiger charge is 2.57.